The van der Waals surface area contributed by atoms with Crippen LogP contribution in [-0.4, -0.2) is 25.2 Å². The van der Waals surface area contributed by atoms with Crippen molar-refractivity contribution in [1.29, 1.82) is 0 Å². The van der Waals surface area contributed by atoms with Crippen LogP contribution < -0.4 is 5.32 Å². The highest BCUT2D eigenvalue weighted by Gasteiger charge is 1.95. The number of thioether (sulfide) groups is 1. The van der Waals surface area contributed by atoms with Crippen molar-refractivity contribution in [3.05, 3.63) is 35.4 Å². The second kappa shape index (κ2) is 9.51. The first-order valence-electron chi connectivity index (χ1n) is 6.22. The molecule has 1 N–H and O–H groups in total. The normalized spacial score (nSPS) is 10.7. The van der Waals surface area contributed by atoms with E-state index in [4.69, 9.17) is 4.74 Å². The molecule has 0 atom stereocenters. The highest BCUT2D eigenvalue weighted by Crippen LogP contribution is 2.06. The average molecular weight is 253 g/mol. The zero-order valence-corrected chi connectivity index (χ0v) is 11.7. The minimum absolute atomic E-state index is 0.695. The lowest BCUT2D eigenvalue weighted by atomic mass is 10.1. The van der Waals surface area contributed by atoms with E-state index in [9.17, 15) is 0 Å². The van der Waals surface area contributed by atoms with E-state index in [1.54, 1.807) is 7.11 Å². The van der Waals surface area contributed by atoms with Crippen molar-refractivity contribution in [2.75, 3.05) is 25.2 Å². The zero-order chi connectivity index (χ0) is 12.3. The minimum Gasteiger partial charge on any atom is -0.380 e. The molecule has 2 nitrogen and oxygen atoms in total. The maximum Gasteiger partial charge on any atom is 0.0713 e. The van der Waals surface area contributed by atoms with E-state index in [-0.39, 0.29) is 0 Å². The molecule has 0 radical (unpaired) electrons. The van der Waals surface area contributed by atoms with Crippen molar-refractivity contribution in [2.45, 2.75) is 26.5 Å². The minimum atomic E-state index is 0.695. The molecular weight excluding hydrogens is 230 g/mol. The van der Waals surface area contributed by atoms with Gasteiger partial charge in [-0.1, -0.05) is 31.2 Å². The first-order valence-corrected chi connectivity index (χ1v) is 7.37. The summed E-state index contributed by atoms with van der Waals surface area (Å²) in [7, 11) is 1.73. The lowest BCUT2D eigenvalue weighted by Gasteiger charge is -2.06. The molecule has 1 aromatic rings. The van der Waals surface area contributed by atoms with E-state index in [0.29, 0.717) is 6.61 Å². The summed E-state index contributed by atoms with van der Waals surface area (Å²) in [6.07, 6.45) is 1.25. The summed E-state index contributed by atoms with van der Waals surface area (Å²) in [4.78, 5) is 0. The Morgan fingerprint density at radius 1 is 1.29 bits per heavy atom. The standard InChI is InChI=1S/C14H23NOS/c1-3-17-9-5-8-15-11-13-6-4-7-14(10-13)12-16-2/h4,6-7,10,15H,3,5,8-9,11-12H2,1-2H3. The van der Waals surface area contributed by atoms with E-state index in [1.807, 2.05) is 11.8 Å². The third-order valence-corrected chi connectivity index (χ3v) is 3.46. The van der Waals surface area contributed by atoms with E-state index >= 15 is 0 Å². The average Bonchev–Trinajstić information content (AvgIpc) is 2.35. The summed E-state index contributed by atoms with van der Waals surface area (Å²) < 4.78 is 5.13. The Hall–Kier alpha value is -0.510. The van der Waals surface area contributed by atoms with Crippen molar-refractivity contribution in [3.8, 4) is 0 Å². The molecular formula is C14H23NOS. The van der Waals surface area contributed by atoms with Crippen molar-refractivity contribution >= 4 is 11.8 Å². The van der Waals surface area contributed by atoms with Crippen LogP contribution in [0.3, 0.4) is 0 Å². The maximum absolute atomic E-state index is 5.13. The van der Waals surface area contributed by atoms with Crippen LogP contribution in [0.2, 0.25) is 0 Å². The Morgan fingerprint density at radius 3 is 2.88 bits per heavy atom. The quantitative estimate of drug-likeness (QED) is 0.683. The van der Waals surface area contributed by atoms with E-state index in [2.05, 4.69) is 36.5 Å². The molecule has 3 heteroatoms. The van der Waals surface area contributed by atoms with Crippen LogP contribution in [0.5, 0.6) is 0 Å². The van der Waals surface area contributed by atoms with Gasteiger partial charge in [-0.15, -0.1) is 0 Å². The third-order valence-electron chi connectivity index (χ3n) is 2.48. The molecule has 0 fully saturated rings. The Kier molecular flexibility index (Phi) is 8.14. The molecule has 0 aliphatic heterocycles. The summed E-state index contributed by atoms with van der Waals surface area (Å²) in [6, 6.07) is 8.56. The Balaban J connectivity index is 2.19. The van der Waals surface area contributed by atoms with Gasteiger partial charge in [0, 0.05) is 13.7 Å². The van der Waals surface area contributed by atoms with E-state index < -0.39 is 0 Å². The van der Waals surface area contributed by atoms with Gasteiger partial charge < -0.3 is 10.1 Å². The van der Waals surface area contributed by atoms with Gasteiger partial charge in [0.25, 0.3) is 0 Å². The number of nitrogens with one attached hydrogen (secondary N) is 1. The van der Waals surface area contributed by atoms with Crippen LogP contribution in [-0.2, 0) is 17.9 Å². The predicted molar refractivity (Wildman–Crippen MR) is 76.5 cm³/mol. The molecule has 96 valence electrons. The van der Waals surface area contributed by atoms with Crippen LogP contribution in [0, 0.1) is 0 Å². The van der Waals surface area contributed by atoms with Crippen molar-refractivity contribution in [1.82, 2.24) is 5.32 Å². The summed E-state index contributed by atoms with van der Waals surface area (Å²) in [6.45, 7) is 4.95. The van der Waals surface area contributed by atoms with E-state index in [0.717, 1.165) is 13.1 Å². The monoisotopic (exact) mass is 253 g/mol. The summed E-state index contributed by atoms with van der Waals surface area (Å²) in [5.41, 5.74) is 2.58. The number of rotatable bonds is 9. The van der Waals surface area contributed by atoms with Crippen LogP contribution in [0.4, 0.5) is 0 Å². The molecule has 0 heterocycles. The number of methoxy groups -OCH3 is 1. The second-order valence-electron chi connectivity index (χ2n) is 3.98. The Morgan fingerprint density at radius 2 is 2.12 bits per heavy atom. The Bertz CT molecular complexity index is 304. The predicted octanol–water partition coefficient (Wildman–Crippen LogP) is 3.07. The van der Waals surface area contributed by atoms with Crippen LogP contribution in [0.25, 0.3) is 0 Å². The fourth-order valence-electron chi connectivity index (χ4n) is 1.67. The van der Waals surface area contributed by atoms with Gasteiger partial charge in [0.2, 0.25) is 0 Å². The molecule has 0 aliphatic carbocycles. The van der Waals surface area contributed by atoms with Gasteiger partial charge in [0.05, 0.1) is 6.61 Å². The molecule has 0 saturated heterocycles. The summed E-state index contributed by atoms with van der Waals surface area (Å²) >= 11 is 2.01. The zero-order valence-electron chi connectivity index (χ0n) is 10.9. The molecule has 0 bridgehead atoms. The SMILES string of the molecule is CCSCCCNCc1cccc(COC)c1. The van der Waals surface area contributed by atoms with E-state index in [1.165, 1.54) is 29.1 Å². The molecule has 0 spiro atoms. The molecule has 1 aromatic carbocycles. The largest absolute Gasteiger partial charge is 0.380 e. The topological polar surface area (TPSA) is 21.3 Å². The number of ether oxygens (including phenoxy) is 1. The molecule has 1 rings (SSSR count). The Labute approximate surface area is 109 Å². The second-order valence-corrected chi connectivity index (χ2v) is 5.37. The van der Waals surface area contributed by atoms with Crippen molar-refractivity contribution in [2.24, 2.45) is 0 Å². The molecule has 0 aliphatic rings. The molecule has 0 aromatic heterocycles. The van der Waals surface area contributed by atoms with Gasteiger partial charge in [-0.25, -0.2) is 0 Å². The van der Waals surface area contributed by atoms with Gasteiger partial charge in [-0.2, -0.15) is 11.8 Å². The van der Waals surface area contributed by atoms with Crippen LogP contribution in [0.15, 0.2) is 24.3 Å². The smallest absolute Gasteiger partial charge is 0.0713 e. The number of hydrogen-bond donors (Lipinski definition) is 1. The lowest BCUT2D eigenvalue weighted by molar-refractivity contribution is 0.185. The van der Waals surface area contributed by atoms with Gasteiger partial charge in [-0.05, 0) is 35.6 Å². The third kappa shape index (κ3) is 6.71. The highest BCUT2D eigenvalue weighted by molar-refractivity contribution is 7.99. The van der Waals surface area contributed by atoms with Gasteiger partial charge in [0.15, 0.2) is 0 Å². The first kappa shape index (κ1) is 14.6. The van der Waals surface area contributed by atoms with Crippen molar-refractivity contribution < 1.29 is 4.74 Å². The fourth-order valence-corrected chi connectivity index (χ4v) is 2.31. The van der Waals surface area contributed by atoms with Crippen LogP contribution in [0.1, 0.15) is 24.5 Å². The summed E-state index contributed by atoms with van der Waals surface area (Å²) in [5, 5.41) is 3.48. The molecule has 0 saturated carbocycles. The van der Waals surface area contributed by atoms with Gasteiger partial charge in [0.1, 0.15) is 0 Å². The molecule has 0 unspecified atom stereocenters. The van der Waals surface area contributed by atoms with Gasteiger partial charge >= 0.3 is 0 Å². The maximum atomic E-state index is 5.13. The lowest BCUT2D eigenvalue weighted by Crippen LogP contribution is -2.15. The fraction of sp³-hybridized carbons (Fsp3) is 0.571. The van der Waals surface area contributed by atoms with Gasteiger partial charge in [-0.3, -0.25) is 0 Å². The highest BCUT2D eigenvalue weighted by atomic mass is 32.2. The first-order chi connectivity index (χ1) is 8.36. The number of benzene rings is 1. The molecule has 0 amide bonds. The number of hydrogen-bond acceptors (Lipinski definition) is 3. The van der Waals surface area contributed by atoms with Crippen LogP contribution >= 0.6 is 11.8 Å². The van der Waals surface area contributed by atoms with Crippen molar-refractivity contribution in [3.63, 3.8) is 0 Å². The molecule has 17 heavy (non-hydrogen) atoms. The summed E-state index contributed by atoms with van der Waals surface area (Å²) in [5.74, 6) is 2.48.